The molecule has 1 rings (SSSR count). The van der Waals surface area contributed by atoms with Crippen LogP contribution in [0.4, 0.5) is 0 Å². The monoisotopic (exact) mass is 347 g/mol. The third kappa shape index (κ3) is 5.35. The number of rotatable bonds is 10. The SMILES string of the molecule is CCN(CC)S(=O)(=O)c1ccc(CCNC(=O)CCCN)s1. The molecule has 1 aromatic rings. The van der Waals surface area contributed by atoms with E-state index in [9.17, 15) is 13.2 Å². The van der Waals surface area contributed by atoms with Crippen LogP contribution in [0.15, 0.2) is 16.3 Å². The number of thiophene rings is 1. The van der Waals surface area contributed by atoms with Gasteiger partial charge in [-0.1, -0.05) is 13.8 Å². The summed E-state index contributed by atoms with van der Waals surface area (Å²) in [4.78, 5) is 12.4. The van der Waals surface area contributed by atoms with Gasteiger partial charge in [0.1, 0.15) is 4.21 Å². The van der Waals surface area contributed by atoms with E-state index in [0.29, 0.717) is 49.7 Å². The highest BCUT2D eigenvalue weighted by Crippen LogP contribution is 2.25. The minimum absolute atomic E-state index is 0.0157. The van der Waals surface area contributed by atoms with Crippen LogP contribution in [0, 0.1) is 0 Å². The predicted molar refractivity (Wildman–Crippen MR) is 89.4 cm³/mol. The summed E-state index contributed by atoms with van der Waals surface area (Å²) < 4.78 is 26.5. The summed E-state index contributed by atoms with van der Waals surface area (Å²) in [6, 6.07) is 3.46. The Hall–Kier alpha value is -0.960. The lowest BCUT2D eigenvalue weighted by molar-refractivity contribution is -0.121. The van der Waals surface area contributed by atoms with E-state index >= 15 is 0 Å². The molecule has 0 fully saturated rings. The molecule has 1 amide bonds. The van der Waals surface area contributed by atoms with Crippen molar-refractivity contribution in [1.29, 1.82) is 0 Å². The molecular formula is C14H25N3O3S2. The molecule has 0 aliphatic carbocycles. The highest BCUT2D eigenvalue weighted by atomic mass is 32.2. The number of nitrogens with zero attached hydrogens (tertiary/aromatic N) is 1. The number of carbonyl (C=O) groups excluding carboxylic acids is 1. The summed E-state index contributed by atoms with van der Waals surface area (Å²) >= 11 is 1.27. The average molecular weight is 348 g/mol. The molecule has 0 spiro atoms. The molecule has 0 aliphatic rings. The molecule has 0 saturated carbocycles. The summed E-state index contributed by atoms with van der Waals surface area (Å²) in [6.07, 6.45) is 1.74. The van der Waals surface area contributed by atoms with Crippen molar-refractivity contribution >= 4 is 27.3 Å². The zero-order chi connectivity index (χ0) is 16.6. The second-order valence-corrected chi connectivity index (χ2v) is 8.14. The van der Waals surface area contributed by atoms with Crippen molar-refractivity contribution < 1.29 is 13.2 Å². The highest BCUT2D eigenvalue weighted by Gasteiger charge is 2.23. The first kappa shape index (κ1) is 19.1. The largest absolute Gasteiger partial charge is 0.356 e. The standard InChI is InChI=1S/C14H25N3O3S2/c1-3-17(4-2)22(19,20)14-8-7-12(21-14)9-11-16-13(18)6-5-10-15/h7-8H,3-6,9-11,15H2,1-2H3,(H,16,18). The average Bonchev–Trinajstić information content (AvgIpc) is 2.95. The Balaban J connectivity index is 2.56. The first-order valence-electron chi connectivity index (χ1n) is 7.51. The molecular weight excluding hydrogens is 322 g/mol. The molecule has 6 nitrogen and oxygen atoms in total. The van der Waals surface area contributed by atoms with Crippen LogP contribution >= 0.6 is 11.3 Å². The zero-order valence-corrected chi connectivity index (χ0v) is 14.8. The van der Waals surface area contributed by atoms with Crippen LogP contribution in [0.2, 0.25) is 0 Å². The third-order valence-corrected chi connectivity index (χ3v) is 6.90. The van der Waals surface area contributed by atoms with E-state index in [0.717, 1.165) is 4.88 Å². The van der Waals surface area contributed by atoms with E-state index in [1.807, 2.05) is 19.9 Å². The number of nitrogens with two attached hydrogens (primary N) is 1. The number of hydrogen-bond donors (Lipinski definition) is 2. The Kier molecular flexibility index (Phi) is 8.02. The van der Waals surface area contributed by atoms with E-state index in [1.54, 1.807) is 6.07 Å². The van der Waals surface area contributed by atoms with Crippen LogP contribution < -0.4 is 11.1 Å². The number of nitrogens with one attached hydrogen (secondary N) is 1. The van der Waals surface area contributed by atoms with Crippen molar-refractivity contribution in [3.63, 3.8) is 0 Å². The Labute approximate surface area is 136 Å². The lowest BCUT2D eigenvalue weighted by Crippen LogP contribution is -2.29. The van der Waals surface area contributed by atoms with Crippen molar-refractivity contribution in [2.24, 2.45) is 5.73 Å². The van der Waals surface area contributed by atoms with Crippen LogP contribution in [0.5, 0.6) is 0 Å². The van der Waals surface area contributed by atoms with E-state index in [4.69, 9.17) is 5.73 Å². The molecule has 1 aromatic heterocycles. The second kappa shape index (κ2) is 9.24. The summed E-state index contributed by atoms with van der Waals surface area (Å²) in [5.41, 5.74) is 5.35. The molecule has 0 saturated heterocycles. The van der Waals surface area contributed by atoms with E-state index < -0.39 is 10.0 Å². The van der Waals surface area contributed by atoms with Crippen molar-refractivity contribution in [3.05, 3.63) is 17.0 Å². The van der Waals surface area contributed by atoms with Gasteiger partial charge in [0.05, 0.1) is 0 Å². The van der Waals surface area contributed by atoms with Gasteiger partial charge in [0.2, 0.25) is 5.91 Å². The van der Waals surface area contributed by atoms with Crippen LogP contribution in [-0.4, -0.2) is 44.8 Å². The maximum atomic E-state index is 12.4. The summed E-state index contributed by atoms with van der Waals surface area (Å²) in [7, 11) is -3.38. The molecule has 0 radical (unpaired) electrons. The van der Waals surface area contributed by atoms with Crippen LogP contribution in [-0.2, 0) is 21.2 Å². The molecule has 0 unspecified atom stereocenters. The van der Waals surface area contributed by atoms with Gasteiger partial charge in [0.25, 0.3) is 10.0 Å². The molecule has 3 N–H and O–H groups in total. The smallest absolute Gasteiger partial charge is 0.252 e. The quantitative estimate of drug-likeness (QED) is 0.665. The second-order valence-electron chi connectivity index (χ2n) is 4.80. The van der Waals surface area contributed by atoms with Gasteiger partial charge < -0.3 is 11.1 Å². The van der Waals surface area contributed by atoms with Gasteiger partial charge in [-0.25, -0.2) is 8.42 Å². The van der Waals surface area contributed by atoms with Gasteiger partial charge in [-0.3, -0.25) is 4.79 Å². The van der Waals surface area contributed by atoms with Crippen molar-refractivity contribution in [2.75, 3.05) is 26.2 Å². The molecule has 0 aliphatic heterocycles. The topological polar surface area (TPSA) is 92.5 Å². The fraction of sp³-hybridized carbons (Fsp3) is 0.643. The summed E-state index contributed by atoms with van der Waals surface area (Å²) in [5.74, 6) is -0.0157. The fourth-order valence-electron chi connectivity index (χ4n) is 2.00. The highest BCUT2D eigenvalue weighted by molar-refractivity contribution is 7.91. The number of sulfonamides is 1. The van der Waals surface area contributed by atoms with E-state index in [2.05, 4.69) is 5.32 Å². The first-order chi connectivity index (χ1) is 10.5. The molecule has 0 atom stereocenters. The summed E-state index contributed by atoms with van der Waals surface area (Å²) in [5, 5.41) is 2.81. The Morgan fingerprint density at radius 1 is 1.32 bits per heavy atom. The number of carbonyl (C=O) groups is 1. The van der Waals surface area contributed by atoms with Gasteiger partial charge in [-0.2, -0.15) is 4.31 Å². The van der Waals surface area contributed by atoms with Gasteiger partial charge in [-0.15, -0.1) is 11.3 Å². The van der Waals surface area contributed by atoms with E-state index in [-0.39, 0.29) is 5.91 Å². The number of hydrogen-bond acceptors (Lipinski definition) is 5. The van der Waals surface area contributed by atoms with Crippen LogP contribution in [0.25, 0.3) is 0 Å². The van der Waals surface area contributed by atoms with Crippen molar-refractivity contribution in [3.8, 4) is 0 Å². The lowest BCUT2D eigenvalue weighted by Gasteiger charge is -2.16. The molecule has 22 heavy (non-hydrogen) atoms. The maximum Gasteiger partial charge on any atom is 0.252 e. The first-order valence-corrected chi connectivity index (χ1v) is 9.77. The molecule has 0 aromatic carbocycles. The fourth-order valence-corrected chi connectivity index (χ4v) is 4.97. The predicted octanol–water partition coefficient (Wildman–Crippen LogP) is 1.18. The van der Waals surface area contributed by atoms with Gasteiger partial charge >= 0.3 is 0 Å². The molecule has 8 heteroatoms. The zero-order valence-electron chi connectivity index (χ0n) is 13.2. The third-order valence-electron chi connectivity index (χ3n) is 3.24. The summed E-state index contributed by atoms with van der Waals surface area (Å²) in [6.45, 7) is 5.59. The van der Waals surface area contributed by atoms with Gasteiger partial charge in [0, 0.05) is 30.9 Å². The lowest BCUT2D eigenvalue weighted by atomic mass is 10.3. The van der Waals surface area contributed by atoms with Crippen molar-refractivity contribution in [1.82, 2.24) is 9.62 Å². The molecule has 1 heterocycles. The minimum Gasteiger partial charge on any atom is -0.356 e. The number of amides is 1. The molecule has 126 valence electrons. The van der Waals surface area contributed by atoms with Crippen LogP contribution in [0.1, 0.15) is 31.6 Å². The van der Waals surface area contributed by atoms with E-state index in [1.165, 1.54) is 15.6 Å². The minimum atomic E-state index is -3.38. The Morgan fingerprint density at radius 3 is 2.59 bits per heavy atom. The van der Waals surface area contributed by atoms with Gasteiger partial charge in [0.15, 0.2) is 0 Å². The van der Waals surface area contributed by atoms with Crippen molar-refractivity contribution in [2.45, 2.75) is 37.3 Å². The normalized spacial score (nSPS) is 11.8. The Bertz CT molecular complexity index is 566. The maximum absolute atomic E-state index is 12.4. The van der Waals surface area contributed by atoms with Crippen LogP contribution in [0.3, 0.4) is 0 Å². The Morgan fingerprint density at radius 2 is 2.00 bits per heavy atom. The molecule has 0 bridgehead atoms. The van der Waals surface area contributed by atoms with Gasteiger partial charge in [-0.05, 0) is 31.5 Å².